The molecule has 148 valence electrons. The van der Waals surface area contributed by atoms with Gasteiger partial charge in [-0.25, -0.2) is 0 Å². The third-order valence-electron chi connectivity index (χ3n) is 3.60. The molecule has 1 aliphatic rings. The molecule has 1 amide bonds. The van der Waals surface area contributed by atoms with Crippen molar-refractivity contribution < 1.29 is 39.1 Å². The Labute approximate surface area is 147 Å². The summed E-state index contributed by atoms with van der Waals surface area (Å²) >= 11 is 0. The number of rotatable bonds is 12. The van der Waals surface area contributed by atoms with E-state index < -0.39 is 43.2 Å². The maximum atomic E-state index is 11.3. The van der Waals surface area contributed by atoms with E-state index in [9.17, 15) is 20.1 Å². The fourth-order valence-corrected chi connectivity index (χ4v) is 2.38. The molecule has 10 nitrogen and oxygen atoms in total. The van der Waals surface area contributed by atoms with Gasteiger partial charge in [-0.1, -0.05) is 0 Å². The maximum Gasteiger partial charge on any atom is 0.217 e. The van der Waals surface area contributed by atoms with Gasteiger partial charge in [0, 0.05) is 20.1 Å². The number of aliphatic hydroxyl groups is 3. The molecule has 25 heavy (non-hydrogen) atoms. The number of nitrogens with one attached hydrogen (secondary N) is 1. The lowest BCUT2D eigenvalue weighted by atomic mass is 9.97. The van der Waals surface area contributed by atoms with Crippen molar-refractivity contribution in [2.24, 2.45) is 5.73 Å². The number of carbonyl (C=O) groups is 1. The second-order valence-electron chi connectivity index (χ2n) is 5.67. The highest BCUT2D eigenvalue weighted by Crippen LogP contribution is 2.22. The highest BCUT2D eigenvalue weighted by Gasteiger charge is 2.45. The molecule has 5 atom stereocenters. The Kier molecular flexibility index (Phi) is 11.1. The van der Waals surface area contributed by atoms with E-state index in [-0.39, 0.29) is 6.61 Å². The van der Waals surface area contributed by atoms with Gasteiger partial charge in [-0.3, -0.25) is 4.79 Å². The molecule has 0 aromatic rings. The molecule has 0 unspecified atom stereocenters. The van der Waals surface area contributed by atoms with Crippen molar-refractivity contribution in [3.8, 4) is 0 Å². The lowest BCUT2D eigenvalue weighted by Crippen LogP contribution is -2.64. The first-order valence-electron chi connectivity index (χ1n) is 8.38. The van der Waals surface area contributed by atoms with Crippen LogP contribution in [0.1, 0.15) is 13.3 Å². The standard InChI is InChI=1S/C15H30N2O8/c1-10(19)17-12-14(21)13(20)11(9-18)25-15(12)24-5-2-4-22-7-8-23-6-3-16/h11-15,18,20-21H,2-9,16H2,1H3,(H,17,19)/t11-,12-,13+,14-,15-/m1/s1. The molecule has 0 aromatic carbocycles. The van der Waals surface area contributed by atoms with Crippen LogP contribution < -0.4 is 11.1 Å². The third-order valence-corrected chi connectivity index (χ3v) is 3.60. The van der Waals surface area contributed by atoms with Crippen LogP contribution in [0.2, 0.25) is 0 Å². The Hall–Kier alpha value is -0.850. The van der Waals surface area contributed by atoms with Crippen molar-refractivity contribution in [3.63, 3.8) is 0 Å². The molecular weight excluding hydrogens is 336 g/mol. The first kappa shape index (κ1) is 22.2. The SMILES string of the molecule is CC(=O)N[C@H]1[C@H](OCCCOCCOCCN)O[C@H](CO)[C@H](O)[C@@H]1O. The van der Waals surface area contributed by atoms with Crippen LogP contribution in [0.25, 0.3) is 0 Å². The monoisotopic (exact) mass is 366 g/mol. The van der Waals surface area contributed by atoms with E-state index in [0.717, 1.165) is 0 Å². The summed E-state index contributed by atoms with van der Waals surface area (Å²) in [4.78, 5) is 11.3. The molecule has 0 aromatic heterocycles. The van der Waals surface area contributed by atoms with Crippen LogP contribution >= 0.6 is 0 Å². The molecular formula is C15H30N2O8. The second kappa shape index (κ2) is 12.5. The van der Waals surface area contributed by atoms with Crippen molar-refractivity contribution in [3.05, 3.63) is 0 Å². The summed E-state index contributed by atoms with van der Waals surface area (Å²) in [5.41, 5.74) is 5.29. The van der Waals surface area contributed by atoms with E-state index in [2.05, 4.69) is 5.32 Å². The van der Waals surface area contributed by atoms with Gasteiger partial charge in [0.25, 0.3) is 0 Å². The van der Waals surface area contributed by atoms with E-state index in [1.54, 1.807) is 0 Å². The number of hydrogen-bond donors (Lipinski definition) is 5. The largest absolute Gasteiger partial charge is 0.394 e. The van der Waals surface area contributed by atoms with Crippen LogP contribution in [0, 0.1) is 0 Å². The molecule has 1 heterocycles. The topological polar surface area (TPSA) is 153 Å². The number of carbonyl (C=O) groups excluding carboxylic acids is 1. The van der Waals surface area contributed by atoms with Gasteiger partial charge >= 0.3 is 0 Å². The summed E-state index contributed by atoms with van der Waals surface area (Å²) in [5, 5.41) is 31.7. The predicted molar refractivity (Wildman–Crippen MR) is 86.6 cm³/mol. The average Bonchev–Trinajstić information content (AvgIpc) is 2.59. The van der Waals surface area contributed by atoms with Gasteiger partial charge in [0.15, 0.2) is 6.29 Å². The molecule has 0 aliphatic carbocycles. The number of ether oxygens (including phenoxy) is 4. The number of amides is 1. The van der Waals surface area contributed by atoms with E-state index in [4.69, 9.17) is 24.7 Å². The fraction of sp³-hybridized carbons (Fsp3) is 0.933. The van der Waals surface area contributed by atoms with Crippen LogP contribution in [0.4, 0.5) is 0 Å². The quantitative estimate of drug-likeness (QED) is 0.233. The molecule has 10 heteroatoms. The molecule has 1 rings (SSSR count). The molecule has 6 N–H and O–H groups in total. The third kappa shape index (κ3) is 7.92. The normalized spacial score (nSPS) is 29.6. The van der Waals surface area contributed by atoms with Crippen molar-refractivity contribution in [1.82, 2.24) is 5.32 Å². The minimum Gasteiger partial charge on any atom is -0.394 e. The first-order chi connectivity index (χ1) is 12.0. The summed E-state index contributed by atoms with van der Waals surface area (Å²) in [7, 11) is 0. The Balaban J connectivity index is 2.33. The zero-order valence-corrected chi connectivity index (χ0v) is 14.5. The molecule has 0 spiro atoms. The summed E-state index contributed by atoms with van der Waals surface area (Å²) in [6, 6.07) is -0.930. The highest BCUT2D eigenvalue weighted by atomic mass is 16.7. The molecule has 0 saturated carbocycles. The molecule has 1 saturated heterocycles. The Morgan fingerprint density at radius 3 is 2.40 bits per heavy atom. The minimum absolute atomic E-state index is 0.255. The lowest BCUT2D eigenvalue weighted by Gasteiger charge is -2.42. The van der Waals surface area contributed by atoms with Crippen molar-refractivity contribution >= 4 is 5.91 Å². The molecule has 1 aliphatic heterocycles. The minimum atomic E-state index is -1.32. The zero-order valence-electron chi connectivity index (χ0n) is 14.5. The summed E-state index contributed by atoms with van der Waals surface area (Å²) < 4.78 is 21.5. The number of nitrogens with two attached hydrogens (primary N) is 1. The van der Waals surface area contributed by atoms with E-state index in [1.807, 2.05) is 0 Å². The van der Waals surface area contributed by atoms with E-state index >= 15 is 0 Å². The molecule has 0 bridgehead atoms. The lowest BCUT2D eigenvalue weighted by molar-refractivity contribution is -0.270. The van der Waals surface area contributed by atoms with Crippen LogP contribution in [0.5, 0.6) is 0 Å². The summed E-state index contributed by atoms with van der Waals surface area (Å²) in [6.07, 6.45) is -4.03. The number of hydrogen-bond acceptors (Lipinski definition) is 9. The van der Waals surface area contributed by atoms with Gasteiger partial charge in [-0.2, -0.15) is 0 Å². The Bertz CT molecular complexity index is 373. The van der Waals surface area contributed by atoms with Crippen molar-refractivity contribution in [1.29, 1.82) is 0 Å². The molecule has 0 radical (unpaired) electrons. The molecule has 1 fully saturated rings. The average molecular weight is 366 g/mol. The van der Waals surface area contributed by atoms with Crippen LogP contribution in [0.15, 0.2) is 0 Å². The van der Waals surface area contributed by atoms with Crippen LogP contribution in [-0.4, -0.2) is 98.1 Å². The highest BCUT2D eigenvalue weighted by molar-refractivity contribution is 5.73. The van der Waals surface area contributed by atoms with Gasteiger partial charge in [0.05, 0.1) is 33.0 Å². The summed E-state index contributed by atoms with van der Waals surface area (Å²) in [6.45, 7) is 3.40. The van der Waals surface area contributed by atoms with Gasteiger partial charge in [-0.05, 0) is 6.42 Å². The van der Waals surface area contributed by atoms with Crippen molar-refractivity contribution in [2.45, 2.75) is 44.0 Å². The van der Waals surface area contributed by atoms with Gasteiger partial charge < -0.3 is 45.3 Å². The first-order valence-corrected chi connectivity index (χ1v) is 8.38. The van der Waals surface area contributed by atoms with Gasteiger partial charge in [-0.15, -0.1) is 0 Å². The van der Waals surface area contributed by atoms with E-state index in [1.165, 1.54) is 6.92 Å². The number of aliphatic hydroxyl groups excluding tert-OH is 3. The van der Waals surface area contributed by atoms with Gasteiger partial charge in [0.1, 0.15) is 24.4 Å². The van der Waals surface area contributed by atoms with Gasteiger partial charge in [0.2, 0.25) is 5.91 Å². The van der Waals surface area contributed by atoms with Crippen molar-refractivity contribution in [2.75, 3.05) is 46.2 Å². The predicted octanol–water partition coefficient (Wildman–Crippen LogP) is -2.67. The Morgan fingerprint density at radius 2 is 1.80 bits per heavy atom. The smallest absolute Gasteiger partial charge is 0.217 e. The van der Waals surface area contributed by atoms with Crippen LogP contribution in [0.3, 0.4) is 0 Å². The summed E-state index contributed by atoms with van der Waals surface area (Å²) in [5.74, 6) is -0.392. The second-order valence-corrected chi connectivity index (χ2v) is 5.67. The van der Waals surface area contributed by atoms with Crippen LogP contribution in [-0.2, 0) is 23.7 Å². The zero-order chi connectivity index (χ0) is 18.7. The maximum absolute atomic E-state index is 11.3. The van der Waals surface area contributed by atoms with E-state index in [0.29, 0.717) is 39.4 Å². The Morgan fingerprint density at radius 1 is 1.12 bits per heavy atom. The fourth-order valence-electron chi connectivity index (χ4n) is 2.38.